The summed E-state index contributed by atoms with van der Waals surface area (Å²) in [5, 5.41) is 16.6. The number of nitro benzene ring substituents is 1. The van der Waals surface area contributed by atoms with Gasteiger partial charge in [-0.1, -0.05) is 36.4 Å². The number of nitrogens with zero attached hydrogens (tertiary/aromatic N) is 3. The number of carbonyl (C=O) groups excluding carboxylic acids is 2. The number of nitro groups is 1. The van der Waals surface area contributed by atoms with E-state index in [1.165, 1.54) is 23.2 Å². The van der Waals surface area contributed by atoms with Crippen LogP contribution in [0.15, 0.2) is 82.3 Å². The number of hydrogen-bond donors (Lipinski definition) is 1. The summed E-state index contributed by atoms with van der Waals surface area (Å²) >= 11 is 0. The van der Waals surface area contributed by atoms with E-state index < -0.39 is 10.8 Å². The van der Waals surface area contributed by atoms with Gasteiger partial charge in [0.25, 0.3) is 17.5 Å². The molecule has 0 radical (unpaired) electrons. The molecule has 0 aliphatic carbocycles. The van der Waals surface area contributed by atoms with E-state index in [9.17, 15) is 19.7 Å². The minimum Gasteiger partial charge on any atom is -0.455 e. The lowest BCUT2D eigenvalue weighted by Crippen LogP contribution is -2.37. The number of benzene rings is 3. The van der Waals surface area contributed by atoms with Crippen LogP contribution in [0.5, 0.6) is 0 Å². The number of furan rings is 1. The molecule has 162 valence electrons. The number of carbonyl (C=O) groups is 2. The first-order valence-corrected chi connectivity index (χ1v) is 10.0. The molecule has 0 spiro atoms. The van der Waals surface area contributed by atoms with Crippen LogP contribution in [0.3, 0.4) is 0 Å². The summed E-state index contributed by atoms with van der Waals surface area (Å²) in [5.41, 5.74) is 4.17. The predicted molar refractivity (Wildman–Crippen MR) is 122 cm³/mol. The van der Waals surface area contributed by atoms with Crippen molar-refractivity contribution in [3.63, 3.8) is 0 Å². The van der Waals surface area contributed by atoms with E-state index in [0.717, 1.165) is 10.8 Å². The molecule has 2 heterocycles. The molecule has 1 N–H and O–H groups in total. The van der Waals surface area contributed by atoms with Crippen molar-refractivity contribution in [2.45, 2.75) is 0 Å². The number of nitrogens with one attached hydrogen (secondary N) is 1. The highest BCUT2D eigenvalue weighted by Crippen LogP contribution is 2.36. The quantitative estimate of drug-likeness (QED) is 0.275. The molecule has 0 fully saturated rings. The molecular weight excluding hydrogens is 424 g/mol. The van der Waals surface area contributed by atoms with E-state index in [1.807, 2.05) is 30.3 Å². The molecule has 0 atom stereocenters. The molecule has 0 saturated heterocycles. The van der Waals surface area contributed by atoms with E-state index in [0.29, 0.717) is 28.3 Å². The first-order valence-electron chi connectivity index (χ1n) is 10.0. The highest BCUT2D eigenvalue weighted by molar-refractivity contribution is 6.26. The molecule has 9 nitrogen and oxygen atoms in total. The van der Waals surface area contributed by atoms with Crippen LogP contribution < -0.4 is 10.3 Å². The maximum absolute atomic E-state index is 12.8. The summed E-state index contributed by atoms with van der Waals surface area (Å²) in [7, 11) is 0. The van der Waals surface area contributed by atoms with Crippen LogP contribution in [0.1, 0.15) is 16.1 Å². The molecule has 5 rings (SSSR count). The van der Waals surface area contributed by atoms with Crippen molar-refractivity contribution in [3.05, 3.63) is 94.2 Å². The Kier molecular flexibility index (Phi) is 4.91. The maximum atomic E-state index is 12.8. The van der Waals surface area contributed by atoms with Crippen molar-refractivity contribution >= 4 is 40.2 Å². The number of amides is 2. The number of rotatable bonds is 6. The SMILES string of the molecule is O=C(CN1C(=O)c2cccc3cccc1c23)N/N=C\c1ccc(-c2cccc([N+](=O)[O-])c2)o1. The van der Waals surface area contributed by atoms with Crippen molar-refractivity contribution in [3.8, 4) is 11.3 Å². The summed E-state index contributed by atoms with van der Waals surface area (Å²) in [6.07, 6.45) is 1.32. The fourth-order valence-electron chi connectivity index (χ4n) is 3.83. The van der Waals surface area contributed by atoms with Gasteiger partial charge in [-0.05, 0) is 29.7 Å². The monoisotopic (exact) mass is 440 g/mol. The third kappa shape index (κ3) is 3.72. The highest BCUT2D eigenvalue weighted by atomic mass is 16.6. The Labute approximate surface area is 187 Å². The Morgan fingerprint density at radius 3 is 2.70 bits per heavy atom. The Morgan fingerprint density at radius 2 is 1.88 bits per heavy atom. The van der Waals surface area contributed by atoms with Crippen LogP contribution in [0, 0.1) is 10.1 Å². The van der Waals surface area contributed by atoms with Gasteiger partial charge in [0.15, 0.2) is 0 Å². The second-order valence-electron chi connectivity index (χ2n) is 7.37. The van der Waals surface area contributed by atoms with E-state index >= 15 is 0 Å². The van der Waals surface area contributed by atoms with Gasteiger partial charge in [-0.2, -0.15) is 5.10 Å². The predicted octanol–water partition coefficient (Wildman–Crippen LogP) is 4.12. The fraction of sp³-hybridized carbons (Fsp3) is 0.0417. The van der Waals surface area contributed by atoms with Gasteiger partial charge in [0, 0.05) is 28.6 Å². The Hall–Kier alpha value is -4.79. The Morgan fingerprint density at radius 1 is 1.09 bits per heavy atom. The molecule has 1 aromatic heterocycles. The third-order valence-electron chi connectivity index (χ3n) is 5.30. The summed E-state index contributed by atoms with van der Waals surface area (Å²) in [6.45, 7) is -0.180. The van der Waals surface area contributed by atoms with Gasteiger partial charge in [-0.15, -0.1) is 0 Å². The molecule has 1 aliphatic rings. The first-order chi connectivity index (χ1) is 16.0. The van der Waals surface area contributed by atoms with Crippen molar-refractivity contribution in [1.29, 1.82) is 0 Å². The largest absolute Gasteiger partial charge is 0.455 e. The molecular formula is C24H16N4O5. The van der Waals surface area contributed by atoms with E-state index in [2.05, 4.69) is 10.5 Å². The molecule has 33 heavy (non-hydrogen) atoms. The molecule has 0 saturated carbocycles. The van der Waals surface area contributed by atoms with Crippen LogP contribution >= 0.6 is 0 Å². The van der Waals surface area contributed by atoms with Gasteiger partial charge < -0.3 is 4.42 Å². The highest BCUT2D eigenvalue weighted by Gasteiger charge is 2.30. The molecule has 9 heteroatoms. The van der Waals surface area contributed by atoms with Crippen LogP contribution in [-0.4, -0.2) is 29.5 Å². The normalized spacial score (nSPS) is 12.6. The average molecular weight is 440 g/mol. The van der Waals surface area contributed by atoms with Gasteiger partial charge in [-0.25, -0.2) is 5.43 Å². The number of anilines is 1. The zero-order chi connectivity index (χ0) is 22.9. The maximum Gasteiger partial charge on any atom is 0.270 e. The third-order valence-corrected chi connectivity index (χ3v) is 5.30. The zero-order valence-electron chi connectivity index (χ0n) is 17.1. The van der Waals surface area contributed by atoms with E-state index in [-0.39, 0.29) is 18.1 Å². The Balaban J connectivity index is 1.25. The lowest BCUT2D eigenvalue weighted by atomic mass is 10.1. The Bertz CT molecular complexity index is 1450. The van der Waals surface area contributed by atoms with Crippen LogP contribution in [0.25, 0.3) is 22.1 Å². The van der Waals surface area contributed by atoms with E-state index in [1.54, 1.807) is 30.3 Å². The number of non-ortho nitro benzene ring substituents is 1. The van der Waals surface area contributed by atoms with Gasteiger partial charge in [0.05, 0.1) is 16.8 Å². The topological polar surface area (TPSA) is 118 Å². The smallest absolute Gasteiger partial charge is 0.270 e. The second-order valence-corrected chi connectivity index (χ2v) is 7.37. The average Bonchev–Trinajstić information content (AvgIpc) is 3.40. The summed E-state index contributed by atoms with van der Waals surface area (Å²) < 4.78 is 5.63. The molecule has 4 aromatic rings. The first kappa shape index (κ1) is 20.1. The van der Waals surface area contributed by atoms with Gasteiger partial charge in [-0.3, -0.25) is 24.6 Å². The standard InChI is InChI=1S/C24H16N4O5/c29-22(14-27-20-9-3-5-15-4-2-8-19(23(15)20)24(27)30)26-25-13-18-10-11-21(33-18)16-6-1-7-17(12-16)28(31)32/h1-13H,14H2,(H,26,29)/b25-13-. The second kappa shape index (κ2) is 8.04. The molecule has 1 aliphatic heterocycles. The molecule has 2 amide bonds. The molecule has 0 unspecified atom stereocenters. The number of hydrazone groups is 1. The van der Waals surface area contributed by atoms with Crippen molar-refractivity contribution in [2.75, 3.05) is 11.4 Å². The summed E-state index contributed by atoms with van der Waals surface area (Å²) in [4.78, 5) is 37.1. The summed E-state index contributed by atoms with van der Waals surface area (Å²) in [6, 6.07) is 20.4. The lowest BCUT2D eigenvalue weighted by Gasteiger charge is -2.16. The molecule has 3 aromatic carbocycles. The minimum atomic E-state index is -0.478. The van der Waals surface area contributed by atoms with E-state index in [4.69, 9.17) is 4.42 Å². The van der Waals surface area contributed by atoms with Crippen LogP contribution in [-0.2, 0) is 4.79 Å². The molecule has 0 bridgehead atoms. The van der Waals surface area contributed by atoms with Gasteiger partial charge >= 0.3 is 0 Å². The van der Waals surface area contributed by atoms with Crippen molar-refractivity contribution < 1.29 is 18.9 Å². The van der Waals surface area contributed by atoms with Gasteiger partial charge in [0.1, 0.15) is 18.1 Å². The van der Waals surface area contributed by atoms with Gasteiger partial charge in [0.2, 0.25) is 0 Å². The fourth-order valence-corrected chi connectivity index (χ4v) is 3.83. The summed E-state index contributed by atoms with van der Waals surface area (Å²) in [5.74, 6) is 0.0923. The van der Waals surface area contributed by atoms with Crippen molar-refractivity contribution in [2.24, 2.45) is 5.10 Å². The van der Waals surface area contributed by atoms with Crippen LogP contribution in [0.4, 0.5) is 11.4 Å². The minimum absolute atomic E-state index is 0.0410. The lowest BCUT2D eigenvalue weighted by molar-refractivity contribution is -0.384. The van der Waals surface area contributed by atoms with Crippen molar-refractivity contribution in [1.82, 2.24) is 5.43 Å². The zero-order valence-corrected chi connectivity index (χ0v) is 17.1. The van der Waals surface area contributed by atoms with Crippen LogP contribution in [0.2, 0.25) is 0 Å². The number of hydrogen-bond acceptors (Lipinski definition) is 6.